The van der Waals surface area contributed by atoms with Crippen LogP contribution in [0.4, 0.5) is 5.69 Å². The zero-order valence-electron chi connectivity index (χ0n) is 18.0. The van der Waals surface area contributed by atoms with Gasteiger partial charge in [0.2, 0.25) is 0 Å². The van der Waals surface area contributed by atoms with Crippen molar-refractivity contribution in [3.05, 3.63) is 52.9 Å². The van der Waals surface area contributed by atoms with Crippen molar-refractivity contribution in [3.63, 3.8) is 0 Å². The van der Waals surface area contributed by atoms with Crippen molar-refractivity contribution in [2.75, 3.05) is 26.9 Å². The van der Waals surface area contributed by atoms with Crippen LogP contribution in [0.15, 0.2) is 52.4 Å². The van der Waals surface area contributed by atoms with Gasteiger partial charge in [0.15, 0.2) is 23.3 Å². The molecule has 1 fully saturated rings. The van der Waals surface area contributed by atoms with Crippen LogP contribution in [0.2, 0.25) is 0 Å². The summed E-state index contributed by atoms with van der Waals surface area (Å²) >= 11 is 1.29. The van der Waals surface area contributed by atoms with Crippen LogP contribution in [0.5, 0.6) is 17.2 Å². The van der Waals surface area contributed by atoms with E-state index in [-0.39, 0.29) is 5.91 Å². The van der Waals surface area contributed by atoms with E-state index in [9.17, 15) is 9.59 Å². The van der Waals surface area contributed by atoms with E-state index in [1.165, 1.54) is 18.9 Å². The molecule has 32 heavy (non-hydrogen) atoms. The van der Waals surface area contributed by atoms with Crippen molar-refractivity contribution in [1.82, 2.24) is 4.90 Å². The first-order valence-corrected chi connectivity index (χ1v) is 10.8. The molecule has 3 rings (SSSR count). The maximum Gasteiger partial charge on any atom is 0.341 e. The molecule has 0 aliphatic carbocycles. The standard InChI is InChI=1S/C23H24N2O6S/c1-4-25-22(28)20(32-23(25)24-16-7-9-17(10-8-16)30-5-2)13-15-6-11-18(19(12-15)29-3)31-14-21(26)27/h6-13H,4-5,14H2,1-3H3,(H,26,27)/b20-13-,24-23?. The number of benzene rings is 2. The molecule has 9 heteroatoms. The molecule has 0 unspecified atom stereocenters. The molecule has 168 valence electrons. The Kier molecular flexibility index (Phi) is 7.77. The summed E-state index contributed by atoms with van der Waals surface area (Å²) in [6.07, 6.45) is 1.75. The second-order valence-electron chi connectivity index (χ2n) is 6.57. The monoisotopic (exact) mass is 456 g/mol. The highest BCUT2D eigenvalue weighted by atomic mass is 32.2. The number of carbonyl (C=O) groups is 2. The molecule has 0 spiro atoms. The van der Waals surface area contributed by atoms with Gasteiger partial charge in [0.25, 0.3) is 5.91 Å². The lowest BCUT2D eigenvalue weighted by Gasteiger charge is -2.12. The van der Waals surface area contributed by atoms with Crippen molar-refractivity contribution < 1.29 is 28.9 Å². The van der Waals surface area contributed by atoms with Gasteiger partial charge in [-0.3, -0.25) is 9.69 Å². The Morgan fingerprint density at radius 3 is 2.50 bits per heavy atom. The topological polar surface area (TPSA) is 97.7 Å². The molecule has 0 radical (unpaired) electrons. The Bertz CT molecular complexity index is 1050. The normalized spacial score (nSPS) is 16.0. The molecule has 0 aromatic heterocycles. The Morgan fingerprint density at radius 2 is 1.88 bits per heavy atom. The van der Waals surface area contributed by atoms with Crippen LogP contribution in [0.1, 0.15) is 19.4 Å². The first-order chi connectivity index (χ1) is 15.4. The number of hydrogen-bond donors (Lipinski definition) is 1. The molecule has 1 saturated heterocycles. The summed E-state index contributed by atoms with van der Waals surface area (Å²) in [5.41, 5.74) is 1.45. The van der Waals surface area contributed by atoms with Gasteiger partial charge in [-0.15, -0.1) is 0 Å². The fourth-order valence-electron chi connectivity index (χ4n) is 2.95. The number of amidine groups is 1. The molecule has 8 nitrogen and oxygen atoms in total. The van der Waals surface area contributed by atoms with Crippen LogP contribution in [-0.4, -0.2) is 53.9 Å². The third kappa shape index (κ3) is 5.61. The van der Waals surface area contributed by atoms with Gasteiger partial charge in [-0.05, 0) is 73.6 Å². The van der Waals surface area contributed by atoms with Gasteiger partial charge in [-0.1, -0.05) is 6.07 Å². The molecule has 2 aromatic carbocycles. The SMILES string of the molecule is CCOc1ccc(N=C2S/C(=C\c3ccc(OCC(=O)O)c(OC)c3)C(=O)N2CC)cc1. The van der Waals surface area contributed by atoms with Crippen LogP contribution in [0.25, 0.3) is 6.08 Å². The first-order valence-electron chi connectivity index (χ1n) is 10.0. The number of hydrogen-bond acceptors (Lipinski definition) is 7. The minimum Gasteiger partial charge on any atom is -0.494 e. The lowest BCUT2D eigenvalue weighted by molar-refractivity contribution is -0.139. The molecule has 0 saturated carbocycles. The van der Waals surface area contributed by atoms with E-state index in [1.807, 2.05) is 38.1 Å². The Morgan fingerprint density at radius 1 is 1.12 bits per heavy atom. The van der Waals surface area contributed by atoms with E-state index < -0.39 is 12.6 Å². The zero-order chi connectivity index (χ0) is 23.1. The van der Waals surface area contributed by atoms with Crippen LogP contribution in [0, 0.1) is 0 Å². The summed E-state index contributed by atoms with van der Waals surface area (Å²) in [6.45, 7) is 4.43. The predicted molar refractivity (Wildman–Crippen MR) is 124 cm³/mol. The number of aliphatic carboxylic acids is 1. The minimum atomic E-state index is -1.08. The number of rotatable bonds is 9. The number of likely N-dealkylation sites (N-methyl/N-ethyl adjacent to an activating group) is 1. The highest BCUT2D eigenvalue weighted by molar-refractivity contribution is 8.18. The molecule has 1 amide bonds. The van der Waals surface area contributed by atoms with Gasteiger partial charge >= 0.3 is 5.97 Å². The largest absolute Gasteiger partial charge is 0.494 e. The molecule has 1 N–H and O–H groups in total. The van der Waals surface area contributed by atoms with Crippen molar-refractivity contribution in [1.29, 1.82) is 0 Å². The summed E-state index contributed by atoms with van der Waals surface area (Å²) in [4.78, 5) is 30.4. The fraction of sp³-hybridized carbons (Fsp3) is 0.261. The number of amides is 1. The number of carboxylic acids is 1. The van der Waals surface area contributed by atoms with E-state index in [2.05, 4.69) is 4.99 Å². The number of carbonyl (C=O) groups excluding carboxylic acids is 1. The van der Waals surface area contributed by atoms with E-state index in [4.69, 9.17) is 19.3 Å². The number of nitrogens with zero attached hydrogens (tertiary/aromatic N) is 2. The molecule has 0 bridgehead atoms. The van der Waals surface area contributed by atoms with Gasteiger partial charge in [-0.25, -0.2) is 9.79 Å². The van der Waals surface area contributed by atoms with E-state index in [0.717, 1.165) is 17.0 Å². The number of ether oxygens (including phenoxy) is 3. The Labute approximate surface area is 190 Å². The molecule has 1 aliphatic rings. The van der Waals surface area contributed by atoms with E-state index in [0.29, 0.717) is 34.7 Å². The van der Waals surface area contributed by atoms with Crippen LogP contribution in [-0.2, 0) is 9.59 Å². The van der Waals surface area contributed by atoms with Gasteiger partial charge in [0.05, 0.1) is 24.3 Å². The first kappa shape index (κ1) is 23.2. The zero-order valence-corrected chi connectivity index (χ0v) is 18.8. The van der Waals surface area contributed by atoms with Gasteiger partial charge < -0.3 is 19.3 Å². The van der Waals surface area contributed by atoms with Gasteiger partial charge in [0.1, 0.15) is 5.75 Å². The third-order valence-electron chi connectivity index (χ3n) is 4.41. The fourth-order valence-corrected chi connectivity index (χ4v) is 4.01. The van der Waals surface area contributed by atoms with Crippen molar-refractivity contribution in [2.45, 2.75) is 13.8 Å². The lowest BCUT2D eigenvalue weighted by Crippen LogP contribution is -2.28. The third-order valence-corrected chi connectivity index (χ3v) is 5.42. The van der Waals surface area contributed by atoms with E-state index >= 15 is 0 Å². The highest BCUT2D eigenvalue weighted by Crippen LogP contribution is 2.36. The molecule has 1 aliphatic heterocycles. The summed E-state index contributed by atoms with van der Waals surface area (Å²) < 4.78 is 16.0. The molecular weight excluding hydrogens is 432 g/mol. The van der Waals surface area contributed by atoms with Crippen LogP contribution < -0.4 is 14.2 Å². The second-order valence-corrected chi connectivity index (χ2v) is 7.58. The summed E-state index contributed by atoms with van der Waals surface area (Å²) in [6, 6.07) is 12.4. The highest BCUT2D eigenvalue weighted by Gasteiger charge is 2.32. The number of carboxylic acid groups (broad SMARTS) is 1. The summed E-state index contributed by atoms with van der Waals surface area (Å²) in [5.74, 6) is 0.254. The average Bonchev–Trinajstić information content (AvgIpc) is 3.07. The van der Waals surface area contributed by atoms with Crippen LogP contribution >= 0.6 is 11.8 Å². The molecule has 0 atom stereocenters. The van der Waals surface area contributed by atoms with Gasteiger partial charge in [-0.2, -0.15) is 0 Å². The number of aliphatic imine (C=N–C) groups is 1. The summed E-state index contributed by atoms with van der Waals surface area (Å²) in [7, 11) is 1.47. The summed E-state index contributed by atoms with van der Waals surface area (Å²) in [5, 5.41) is 9.39. The average molecular weight is 457 g/mol. The molecule has 2 aromatic rings. The maximum absolute atomic E-state index is 12.9. The van der Waals surface area contributed by atoms with Gasteiger partial charge in [0, 0.05) is 6.54 Å². The quantitative estimate of drug-likeness (QED) is 0.565. The predicted octanol–water partition coefficient (Wildman–Crippen LogP) is 4.18. The van der Waals surface area contributed by atoms with Crippen molar-refractivity contribution in [2.24, 2.45) is 4.99 Å². The van der Waals surface area contributed by atoms with Crippen molar-refractivity contribution >= 4 is 40.6 Å². The second kappa shape index (κ2) is 10.7. The molecule has 1 heterocycles. The minimum absolute atomic E-state index is 0.132. The smallest absolute Gasteiger partial charge is 0.341 e. The van der Waals surface area contributed by atoms with Crippen molar-refractivity contribution in [3.8, 4) is 17.2 Å². The van der Waals surface area contributed by atoms with Crippen LogP contribution in [0.3, 0.4) is 0 Å². The number of methoxy groups -OCH3 is 1. The number of thioether (sulfide) groups is 1. The maximum atomic E-state index is 12.9. The Balaban J connectivity index is 1.84. The Hall–Kier alpha value is -3.46. The van der Waals surface area contributed by atoms with E-state index in [1.54, 1.807) is 29.2 Å². The lowest BCUT2D eigenvalue weighted by atomic mass is 10.2. The molecular formula is C23H24N2O6S.